The van der Waals surface area contributed by atoms with Crippen LogP contribution in [0.25, 0.3) is 0 Å². The number of sulfonamides is 1. The van der Waals surface area contributed by atoms with E-state index < -0.39 is 28.0 Å². The van der Waals surface area contributed by atoms with Gasteiger partial charge in [-0.3, -0.25) is 4.79 Å². The van der Waals surface area contributed by atoms with Crippen molar-refractivity contribution in [2.45, 2.75) is 23.8 Å². The standard InChI is InChI=1S/C16H17NO5S/c1-11(12-7-9-13(18)10-8-12)15(16(19)20)17-23(21,22)14-5-3-2-4-6-14/h2-11,15,17-18H,1H3,(H,19,20). The Kier molecular flexibility index (Phi) is 5.02. The van der Waals surface area contributed by atoms with Gasteiger partial charge in [-0.05, 0) is 29.8 Å². The van der Waals surface area contributed by atoms with Crippen molar-refractivity contribution in [3.05, 3.63) is 60.2 Å². The van der Waals surface area contributed by atoms with Crippen LogP contribution in [0.1, 0.15) is 18.4 Å². The maximum absolute atomic E-state index is 12.3. The van der Waals surface area contributed by atoms with Crippen LogP contribution in [0.5, 0.6) is 5.75 Å². The number of hydrogen-bond donors (Lipinski definition) is 3. The number of aromatic hydroxyl groups is 1. The minimum atomic E-state index is -3.95. The van der Waals surface area contributed by atoms with Crippen LogP contribution in [0.4, 0.5) is 0 Å². The monoisotopic (exact) mass is 335 g/mol. The van der Waals surface area contributed by atoms with Crippen molar-refractivity contribution in [1.82, 2.24) is 4.72 Å². The molecule has 122 valence electrons. The summed E-state index contributed by atoms with van der Waals surface area (Å²) in [4.78, 5) is 11.5. The van der Waals surface area contributed by atoms with Gasteiger partial charge >= 0.3 is 5.97 Å². The van der Waals surface area contributed by atoms with Crippen LogP contribution in [-0.2, 0) is 14.8 Å². The molecule has 7 heteroatoms. The van der Waals surface area contributed by atoms with Gasteiger partial charge in [0.25, 0.3) is 0 Å². The predicted molar refractivity (Wildman–Crippen MR) is 84.7 cm³/mol. The Morgan fingerprint density at radius 2 is 1.61 bits per heavy atom. The van der Waals surface area contributed by atoms with Crippen LogP contribution < -0.4 is 4.72 Å². The van der Waals surface area contributed by atoms with Crippen molar-refractivity contribution >= 4 is 16.0 Å². The van der Waals surface area contributed by atoms with Gasteiger partial charge in [-0.15, -0.1) is 0 Å². The van der Waals surface area contributed by atoms with Crippen LogP contribution in [0.15, 0.2) is 59.5 Å². The summed E-state index contributed by atoms with van der Waals surface area (Å²) in [7, 11) is -3.95. The first kappa shape index (κ1) is 17.0. The van der Waals surface area contributed by atoms with Gasteiger partial charge in [0.15, 0.2) is 0 Å². The van der Waals surface area contributed by atoms with E-state index in [4.69, 9.17) is 0 Å². The number of nitrogens with one attached hydrogen (secondary N) is 1. The Morgan fingerprint density at radius 1 is 1.04 bits per heavy atom. The van der Waals surface area contributed by atoms with Crippen molar-refractivity contribution in [2.75, 3.05) is 0 Å². The summed E-state index contributed by atoms with van der Waals surface area (Å²) in [6.07, 6.45) is 0. The highest BCUT2D eigenvalue weighted by molar-refractivity contribution is 7.89. The Morgan fingerprint density at radius 3 is 2.13 bits per heavy atom. The number of carboxylic acid groups (broad SMARTS) is 1. The second-order valence-electron chi connectivity index (χ2n) is 5.13. The number of benzene rings is 2. The lowest BCUT2D eigenvalue weighted by atomic mass is 9.94. The molecule has 2 unspecified atom stereocenters. The molecule has 6 nitrogen and oxygen atoms in total. The van der Waals surface area contributed by atoms with E-state index in [1.54, 1.807) is 37.3 Å². The molecule has 0 bridgehead atoms. The molecule has 0 fully saturated rings. The van der Waals surface area contributed by atoms with Gasteiger partial charge < -0.3 is 10.2 Å². The van der Waals surface area contributed by atoms with Gasteiger partial charge in [-0.2, -0.15) is 4.72 Å². The summed E-state index contributed by atoms with van der Waals surface area (Å²) in [5.74, 6) is -1.84. The third-order valence-corrected chi connectivity index (χ3v) is 4.98. The predicted octanol–water partition coefficient (Wildman–Crippen LogP) is 1.93. The summed E-state index contributed by atoms with van der Waals surface area (Å²) in [6, 6.07) is 12.2. The highest BCUT2D eigenvalue weighted by atomic mass is 32.2. The Hall–Kier alpha value is -2.38. The SMILES string of the molecule is CC(c1ccc(O)cc1)C(NS(=O)(=O)c1ccccc1)C(=O)O. The second-order valence-corrected chi connectivity index (χ2v) is 6.84. The number of rotatable bonds is 6. The van der Waals surface area contributed by atoms with E-state index in [9.17, 15) is 23.4 Å². The molecule has 0 heterocycles. The normalized spacial score (nSPS) is 14.1. The fourth-order valence-corrected chi connectivity index (χ4v) is 3.46. The molecule has 0 aromatic heterocycles. The minimum absolute atomic E-state index is 0.00385. The van der Waals surface area contributed by atoms with Crippen molar-refractivity contribution in [1.29, 1.82) is 0 Å². The van der Waals surface area contributed by atoms with E-state index in [1.807, 2.05) is 0 Å². The van der Waals surface area contributed by atoms with E-state index in [1.165, 1.54) is 24.3 Å². The maximum atomic E-state index is 12.3. The van der Waals surface area contributed by atoms with Gasteiger partial charge in [-0.25, -0.2) is 8.42 Å². The van der Waals surface area contributed by atoms with Crippen molar-refractivity contribution < 1.29 is 23.4 Å². The molecule has 3 N–H and O–H groups in total. The van der Waals surface area contributed by atoms with Crippen LogP contribution >= 0.6 is 0 Å². The zero-order chi connectivity index (χ0) is 17.0. The lowest BCUT2D eigenvalue weighted by molar-refractivity contribution is -0.139. The maximum Gasteiger partial charge on any atom is 0.322 e. The number of carboxylic acids is 1. The average molecular weight is 335 g/mol. The number of phenolic OH excluding ortho intramolecular Hbond substituents is 1. The van der Waals surface area contributed by atoms with Crippen LogP contribution in [0, 0.1) is 0 Å². The van der Waals surface area contributed by atoms with Crippen molar-refractivity contribution in [3.63, 3.8) is 0 Å². The molecule has 2 aromatic rings. The van der Waals surface area contributed by atoms with Crippen molar-refractivity contribution in [2.24, 2.45) is 0 Å². The molecule has 0 aliphatic rings. The molecule has 23 heavy (non-hydrogen) atoms. The molecular formula is C16H17NO5S. The summed E-state index contributed by atoms with van der Waals surface area (Å²) in [5.41, 5.74) is 0.603. The van der Waals surface area contributed by atoms with E-state index in [0.29, 0.717) is 5.56 Å². The molecule has 0 saturated carbocycles. The third-order valence-electron chi connectivity index (χ3n) is 3.52. The number of phenols is 1. The number of aliphatic carboxylic acids is 1. The Bertz CT molecular complexity index is 772. The molecule has 2 aromatic carbocycles. The summed E-state index contributed by atoms with van der Waals surface area (Å²) in [6.45, 7) is 1.61. The lowest BCUT2D eigenvalue weighted by Crippen LogP contribution is -2.44. The molecule has 0 aliphatic heterocycles. The Labute approximate surface area is 134 Å². The summed E-state index contributed by atoms with van der Waals surface area (Å²) >= 11 is 0. The molecule has 0 saturated heterocycles. The van der Waals surface area contributed by atoms with Crippen LogP contribution in [0.2, 0.25) is 0 Å². The van der Waals surface area contributed by atoms with Gasteiger partial charge in [0.2, 0.25) is 10.0 Å². The van der Waals surface area contributed by atoms with Crippen LogP contribution in [0.3, 0.4) is 0 Å². The van der Waals surface area contributed by atoms with Gasteiger partial charge in [0, 0.05) is 5.92 Å². The molecule has 0 amide bonds. The average Bonchev–Trinajstić information content (AvgIpc) is 2.53. The lowest BCUT2D eigenvalue weighted by Gasteiger charge is -2.22. The molecule has 0 radical (unpaired) electrons. The third kappa shape index (κ3) is 4.08. The minimum Gasteiger partial charge on any atom is -0.508 e. The van der Waals surface area contributed by atoms with Crippen molar-refractivity contribution in [3.8, 4) is 5.75 Å². The topological polar surface area (TPSA) is 104 Å². The summed E-state index contributed by atoms with van der Waals surface area (Å²) < 4.78 is 26.9. The smallest absolute Gasteiger partial charge is 0.322 e. The van der Waals surface area contributed by atoms with E-state index in [2.05, 4.69) is 4.72 Å². The van der Waals surface area contributed by atoms with E-state index in [-0.39, 0.29) is 10.6 Å². The fraction of sp³-hybridized carbons (Fsp3) is 0.188. The quantitative estimate of drug-likeness (QED) is 0.748. The molecular weight excluding hydrogens is 318 g/mol. The highest BCUT2D eigenvalue weighted by Crippen LogP contribution is 2.23. The molecule has 2 rings (SSSR count). The first-order valence-corrected chi connectivity index (χ1v) is 8.38. The van der Waals surface area contributed by atoms with Gasteiger partial charge in [0.1, 0.15) is 11.8 Å². The zero-order valence-electron chi connectivity index (χ0n) is 12.4. The van der Waals surface area contributed by atoms with E-state index >= 15 is 0 Å². The fourth-order valence-electron chi connectivity index (χ4n) is 2.17. The molecule has 0 spiro atoms. The molecule has 2 atom stereocenters. The van der Waals surface area contributed by atoms with Gasteiger partial charge in [0.05, 0.1) is 4.90 Å². The highest BCUT2D eigenvalue weighted by Gasteiger charge is 2.31. The largest absolute Gasteiger partial charge is 0.508 e. The van der Waals surface area contributed by atoms with E-state index in [0.717, 1.165) is 0 Å². The first-order valence-electron chi connectivity index (χ1n) is 6.90. The number of carbonyl (C=O) groups is 1. The summed E-state index contributed by atoms with van der Waals surface area (Å²) in [5, 5.41) is 18.7. The molecule has 0 aliphatic carbocycles. The van der Waals surface area contributed by atoms with Crippen LogP contribution in [-0.4, -0.2) is 30.6 Å². The zero-order valence-corrected chi connectivity index (χ0v) is 13.2. The van der Waals surface area contributed by atoms with Gasteiger partial charge in [-0.1, -0.05) is 37.3 Å². The number of hydrogen-bond acceptors (Lipinski definition) is 4. The Balaban J connectivity index is 2.29. The first-order chi connectivity index (χ1) is 10.8. The second kappa shape index (κ2) is 6.80.